The molecule has 1 aromatic rings. The lowest BCUT2D eigenvalue weighted by Crippen LogP contribution is -2.47. The Balaban J connectivity index is 3.20. The number of alkyl halides is 4. The molecule has 0 N–H and O–H groups in total. The summed E-state index contributed by atoms with van der Waals surface area (Å²) in [7, 11) is 0.545. The van der Waals surface area contributed by atoms with Crippen molar-refractivity contribution in [2.75, 3.05) is 0 Å². The Bertz CT molecular complexity index is 520. The highest BCUT2D eigenvalue weighted by molar-refractivity contribution is 6.43. The Hall–Kier alpha value is -0.995. The molecule has 1 aromatic carbocycles. The first kappa shape index (κ1) is 21.0. The van der Waals surface area contributed by atoms with E-state index in [-0.39, 0.29) is 5.92 Å². The minimum Gasteiger partial charge on any atom is -0.211 e. The second-order valence-electron chi connectivity index (χ2n) is 6.84. The molecule has 0 unspecified atom stereocenters. The van der Waals surface area contributed by atoms with Crippen LogP contribution in [-0.4, -0.2) is 13.1 Å². The first-order valence-corrected chi connectivity index (χ1v) is 8.80. The third-order valence-corrected chi connectivity index (χ3v) is 5.27. The van der Waals surface area contributed by atoms with Gasteiger partial charge < -0.3 is 0 Å². The predicted octanol–water partition coefficient (Wildman–Crippen LogP) is 6.98. The molecular formula is C19H28BF4. The zero-order chi connectivity index (χ0) is 18.6. The summed E-state index contributed by atoms with van der Waals surface area (Å²) >= 11 is 0. The number of benzene rings is 1. The first-order valence-electron chi connectivity index (χ1n) is 8.80. The van der Waals surface area contributed by atoms with E-state index in [2.05, 4.69) is 0 Å². The monoisotopic (exact) mass is 343 g/mol. The fourth-order valence-electron chi connectivity index (χ4n) is 2.92. The summed E-state index contributed by atoms with van der Waals surface area (Å²) < 4.78 is 58.1. The second kappa shape index (κ2) is 7.92. The van der Waals surface area contributed by atoms with E-state index in [0.29, 0.717) is 25.7 Å². The molecule has 0 bridgehead atoms. The van der Waals surface area contributed by atoms with Gasteiger partial charge in [-0.05, 0) is 30.4 Å². The summed E-state index contributed by atoms with van der Waals surface area (Å²) in [4.78, 5) is 0. The highest BCUT2D eigenvalue weighted by Crippen LogP contribution is 2.48. The summed E-state index contributed by atoms with van der Waals surface area (Å²) in [5.74, 6) is -8.31. The fourth-order valence-corrected chi connectivity index (χ4v) is 2.92. The third kappa shape index (κ3) is 4.34. The van der Waals surface area contributed by atoms with Crippen LogP contribution in [0.5, 0.6) is 0 Å². The number of hydrogen-bond donors (Lipinski definition) is 0. The Morgan fingerprint density at radius 3 is 1.96 bits per heavy atom. The fraction of sp³-hybridized carbons (Fsp3) is 0.684. The molecule has 0 spiro atoms. The molecular weight excluding hydrogens is 315 g/mol. The van der Waals surface area contributed by atoms with Crippen molar-refractivity contribution in [3.05, 3.63) is 35.4 Å². The second-order valence-corrected chi connectivity index (χ2v) is 6.84. The minimum atomic E-state index is -4.22. The first-order chi connectivity index (χ1) is 11.1. The highest BCUT2D eigenvalue weighted by Gasteiger charge is 2.59. The van der Waals surface area contributed by atoms with E-state index < -0.39 is 22.6 Å². The van der Waals surface area contributed by atoms with Crippen molar-refractivity contribution in [3.8, 4) is 0 Å². The number of hydrogen-bond acceptors (Lipinski definition) is 0. The van der Waals surface area contributed by atoms with Gasteiger partial charge in [0.2, 0.25) is 7.28 Å². The standard InChI is InChI=1S/C19H28BF4/c1-6-14(7-2)15-11-10-12-16(13-15)18(21,22)19(23,24)20-17(5,8-3)9-4/h10-14H,6-9H2,1-5H3. The Labute approximate surface area is 144 Å². The molecule has 0 aromatic heterocycles. The number of halogens is 4. The third-order valence-electron chi connectivity index (χ3n) is 5.27. The molecule has 0 aliphatic carbocycles. The SMILES string of the molecule is CCC(CC)c1cccc(C(F)(F)C(F)(F)[B]C(C)(CC)CC)c1. The van der Waals surface area contributed by atoms with Crippen LogP contribution in [0.3, 0.4) is 0 Å². The molecule has 1 rings (SSSR count). The Kier molecular flexibility index (Phi) is 6.95. The van der Waals surface area contributed by atoms with E-state index in [4.69, 9.17) is 0 Å². The van der Waals surface area contributed by atoms with Gasteiger partial charge in [0.1, 0.15) is 0 Å². The topological polar surface area (TPSA) is 0 Å². The molecule has 0 atom stereocenters. The number of rotatable bonds is 9. The van der Waals surface area contributed by atoms with Gasteiger partial charge in [0.15, 0.2) is 0 Å². The molecule has 0 saturated heterocycles. The van der Waals surface area contributed by atoms with Gasteiger partial charge in [-0.2, -0.15) is 8.78 Å². The largest absolute Gasteiger partial charge is 0.326 e. The van der Waals surface area contributed by atoms with Gasteiger partial charge in [0, 0.05) is 5.56 Å². The Morgan fingerprint density at radius 1 is 0.958 bits per heavy atom. The molecule has 135 valence electrons. The summed E-state index contributed by atoms with van der Waals surface area (Å²) in [5, 5.41) is -0.917. The van der Waals surface area contributed by atoms with E-state index in [1.165, 1.54) is 12.1 Å². The van der Waals surface area contributed by atoms with Crippen LogP contribution in [0.1, 0.15) is 77.3 Å². The van der Waals surface area contributed by atoms with Crippen molar-refractivity contribution >= 4 is 7.28 Å². The molecule has 1 radical (unpaired) electrons. The molecule has 0 amide bonds. The smallest absolute Gasteiger partial charge is 0.211 e. The molecule has 0 fully saturated rings. The molecule has 0 aliphatic rings. The summed E-state index contributed by atoms with van der Waals surface area (Å²) in [6.07, 6.45) is 2.36. The van der Waals surface area contributed by atoms with Crippen LogP contribution in [-0.2, 0) is 5.92 Å². The maximum atomic E-state index is 14.6. The maximum Gasteiger partial charge on any atom is 0.326 e. The van der Waals surface area contributed by atoms with Gasteiger partial charge in [-0.1, -0.05) is 71.0 Å². The van der Waals surface area contributed by atoms with Gasteiger partial charge in [-0.25, -0.2) is 8.78 Å². The van der Waals surface area contributed by atoms with Crippen molar-refractivity contribution in [2.45, 2.75) is 83.3 Å². The van der Waals surface area contributed by atoms with Crippen LogP contribution in [0.15, 0.2) is 24.3 Å². The van der Waals surface area contributed by atoms with Crippen LogP contribution in [0, 0.1) is 0 Å². The zero-order valence-corrected chi connectivity index (χ0v) is 15.3. The van der Waals surface area contributed by atoms with E-state index in [9.17, 15) is 17.6 Å². The van der Waals surface area contributed by atoms with Crippen molar-refractivity contribution < 1.29 is 17.6 Å². The molecule has 0 saturated carbocycles. The van der Waals surface area contributed by atoms with Crippen molar-refractivity contribution in [1.29, 1.82) is 0 Å². The van der Waals surface area contributed by atoms with Crippen LogP contribution < -0.4 is 0 Å². The molecule has 0 heterocycles. The molecule has 0 nitrogen and oxygen atoms in total. The quantitative estimate of drug-likeness (QED) is 0.335. The van der Waals surface area contributed by atoms with Gasteiger partial charge in [0.05, 0.1) is 0 Å². The summed E-state index contributed by atoms with van der Waals surface area (Å²) in [6, 6.07) is 5.53. The van der Waals surface area contributed by atoms with Crippen molar-refractivity contribution in [2.24, 2.45) is 0 Å². The molecule has 0 aliphatic heterocycles. The van der Waals surface area contributed by atoms with Crippen LogP contribution >= 0.6 is 0 Å². The average Bonchev–Trinajstić information content (AvgIpc) is 2.55. The normalized spacial score (nSPS) is 13.4. The predicted molar refractivity (Wildman–Crippen MR) is 93.3 cm³/mol. The maximum absolute atomic E-state index is 14.6. The molecule has 5 heteroatoms. The molecule has 24 heavy (non-hydrogen) atoms. The van der Waals surface area contributed by atoms with Gasteiger partial charge >= 0.3 is 5.92 Å². The lowest BCUT2D eigenvalue weighted by atomic mass is 9.45. The minimum absolute atomic E-state index is 0.106. The van der Waals surface area contributed by atoms with E-state index in [1.54, 1.807) is 26.8 Å². The van der Waals surface area contributed by atoms with Crippen LogP contribution in [0.2, 0.25) is 5.31 Å². The van der Waals surface area contributed by atoms with Crippen molar-refractivity contribution in [1.82, 2.24) is 0 Å². The van der Waals surface area contributed by atoms with E-state index >= 15 is 0 Å². The van der Waals surface area contributed by atoms with E-state index in [1.807, 2.05) is 13.8 Å². The van der Waals surface area contributed by atoms with Crippen LogP contribution in [0.25, 0.3) is 0 Å². The Morgan fingerprint density at radius 2 is 1.50 bits per heavy atom. The summed E-state index contributed by atoms with van der Waals surface area (Å²) in [6.45, 7) is 9.01. The zero-order valence-electron chi connectivity index (χ0n) is 15.3. The van der Waals surface area contributed by atoms with Gasteiger partial charge in [-0.3, -0.25) is 0 Å². The lowest BCUT2D eigenvalue weighted by molar-refractivity contribution is -0.168. The summed E-state index contributed by atoms with van der Waals surface area (Å²) in [5.41, 5.74) is 0.0874. The van der Waals surface area contributed by atoms with E-state index in [0.717, 1.165) is 18.9 Å². The van der Waals surface area contributed by atoms with Gasteiger partial charge in [0.25, 0.3) is 5.82 Å². The lowest BCUT2D eigenvalue weighted by Gasteiger charge is -2.34. The van der Waals surface area contributed by atoms with Gasteiger partial charge in [-0.15, -0.1) is 0 Å². The highest BCUT2D eigenvalue weighted by atomic mass is 19.3. The average molecular weight is 343 g/mol. The van der Waals surface area contributed by atoms with Crippen molar-refractivity contribution in [3.63, 3.8) is 0 Å². The van der Waals surface area contributed by atoms with Crippen LogP contribution in [0.4, 0.5) is 17.6 Å².